The SMILES string of the molecule is Cc1cccc(C2c3cccn3-c3ccccc3CN2C(=O)Nc2cccc(Cl)c2C)c1. The predicted octanol–water partition coefficient (Wildman–Crippen LogP) is 6.88. The highest BCUT2D eigenvalue weighted by Crippen LogP contribution is 2.37. The minimum Gasteiger partial charge on any atom is -0.318 e. The first-order valence-corrected chi connectivity index (χ1v) is 11.1. The minimum atomic E-state index is -0.239. The summed E-state index contributed by atoms with van der Waals surface area (Å²) >= 11 is 6.30. The van der Waals surface area contributed by atoms with Crippen molar-refractivity contribution in [1.82, 2.24) is 9.47 Å². The van der Waals surface area contributed by atoms with Crippen LogP contribution in [0.2, 0.25) is 5.02 Å². The van der Waals surface area contributed by atoms with Crippen LogP contribution < -0.4 is 5.32 Å². The Hall–Kier alpha value is -3.50. The number of fused-ring (bicyclic) bond motifs is 3. The first-order chi connectivity index (χ1) is 15.5. The largest absolute Gasteiger partial charge is 0.322 e. The number of hydrogen-bond donors (Lipinski definition) is 1. The molecule has 1 aliphatic rings. The number of rotatable bonds is 2. The van der Waals surface area contributed by atoms with Gasteiger partial charge >= 0.3 is 6.03 Å². The summed E-state index contributed by atoms with van der Waals surface area (Å²) in [5, 5.41) is 3.74. The average Bonchev–Trinajstić information content (AvgIpc) is 3.21. The molecular formula is C27H24ClN3O. The molecule has 0 radical (unpaired) electrons. The van der Waals surface area contributed by atoms with Gasteiger partial charge in [-0.25, -0.2) is 4.79 Å². The number of nitrogens with one attached hydrogen (secondary N) is 1. The first-order valence-electron chi connectivity index (χ1n) is 10.7. The predicted molar refractivity (Wildman–Crippen MR) is 130 cm³/mol. The second-order valence-corrected chi connectivity index (χ2v) is 8.63. The van der Waals surface area contributed by atoms with E-state index in [9.17, 15) is 4.79 Å². The van der Waals surface area contributed by atoms with E-state index in [0.29, 0.717) is 11.6 Å². The molecule has 1 N–H and O–H groups in total. The van der Waals surface area contributed by atoms with Crippen molar-refractivity contribution >= 4 is 23.3 Å². The third-order valence-corrected chi connectivity index (χ3v) is 6.50. The fourth-order valence-corrected chi connectivity index (χ4v) is 4.63. The number of amides is 2. The van der Waals surface area contributed by atoms with Gasteiger partial charge in [-0.3, -0.25) is 0 Å². The summed E-state index contributed by atoms with van der Waals surface area (Å²) in [6, 6.07) is 25.9. The van der Waals surface area contributed by atoms with E-state index in [0.717, 1.165) is 39.3 Å². The Kier molecular flexibility index (Phi) is 5.24. The number of nitrogens with zero attached hydrogens (tertiary/aromatic N) is 2. The fraction of sp³-hybridized carbons (Fsp3) is 0.148. The minimum absolute atomic E-state index is 0.161. The molecule has 3 aromatic carbocycles. The standard InChI is InChI=1S/C27H24ClN3O/c1-18-8-5-10-20(16-18)26-25-14-7-15-30(25)24-13-4-3-9-21(24)17-31(26)27(32)29-23-12-6-11-22(28)19(23)2/h3-16,26H,17H2,1-2H3,(H,29,32). The topological polar surface area (TPSA) is 37.3 Å². The van der Waals surface area contributed by atoms with Crippen LogP contribution in [-0.4, -0.2) is 15.5 Å². The van der Waals surface area contributed by atoms with E-state index < -0.39 is 0 Å². The average molecular weight is 442 g/mol. The number of carbonyl (C=O) groups excluding carboxylic acids is 1. The van der Waals surface area contributed by atoms with Crippen molar-refractivity contribution in [3.63, 3.8) is 0 Å². The lowest BCUT2D eigenvalue weighted by Gasteiger charge is -2.31. The number of aryl methyl sites for hydroxylation is 1. The third-order valence-electron chi connectivity index (χ3n) is 6.09. The van der Waals surface area contributed by atoms with Gasteiger partial charge in [0.15, 0.2) is 0 Å². The van der Waals surface area contributed by atoms with Gasteiger partial charge in [0, 0.05) is 22.6 Å². The molecular weight excluding hydrogens is 418 g/mol. The van der Waals surface area contributed by atoms with E-state index in [4.69, 9.17) is 11.6 Å². The smallest absolute Gasteiger partial charge is 0.318 e. The summed E-state index contributed by atoms with van der Waals surface area (Å²) in [6.07, 6.45) is 2.07. The van der Waals surface area contributed by atoms with E-state index in [1.165, 1.54) is 0 Å². The molecule has 1 aliphatic heterocycles. The lowest BCUT2D eigenvalue weighted by Crippen LogP contribution is -2.38. The zero-order chi connectivity index (χ0) is 22.2. The lowest BCUT2D eigenvalue weighted by molar-refractivity contribution is 0.194. The van der Waals surface area contributed by atoms with E-state index in [2.05, 4.69) is 59.4 Å². The maximum Gasteiger partial charge on any atom is 0.322 e. The third kappa shape index (κ3) is 3.57. The van der Waals surface area contributed by atoms with Crippen LogP contribution in [0.25, 0.3) is 5.69 Å². The lowest BCUT2D eigenvalue weighted by atomic mass is 10.00. The van der Waals surface area contributed by atoms with Crippen LogP contribution in [-0.2, 0) is 6.54 Å². The Labute approximate surface area is 193 Å². The van der Waals surface area contributed by atoms with Crippen LogP contribution in [0.4, 0.5) is 10.5 Å². The van der Waals surface area contributed by atoms with Crippen molar-refractivity contribution in [2.75, 3.05) is 5.32 Å². The maximum atomic E-state index is 13.8. The molecule has 1 atom stereocenters. The van der Waals surface area contributed by atoms with Gasteiger partial charge in [0.2, 0.25) is 0 Å². The Morgan fingerprint density at radius 2 is 1.78 bits per heavy atom. The molecule has 5 rings (SSSR count). The molecule has 1 aromatic heterocycles. The summed E-state index contributed by atoms with van der Waals surface area (Å²) in [5.74, 6) is 0. The number of anilines is 1. The molecule has 0 fully saturated rings. The van der Waals surface area contributed by atoms with Crippen LogP contribution >= 0.6 is 11.6 Å². The van der Waals surface area contributed by atoms with Crippen LogP contribution in [0, 0.1) is 13.8 Å². The van der Waals surface area contributed by atoms with E-state index in [-0.39, 0.29) is 12.1 Å². The zero-order valence-corrected chi connectivity index (χ0v) is 18.8. The maximum absolute atomic E-state index is 13.8. The van der Waals surface area contributed by atoms with Gasteiger partial charge in [-0.1, -0.05) is 65.7 Å². The summed E-state index contributed by atoms with van der Waals surface area (Å²) in [6.45, 7) is 4.48. The van der Waals surface area contributed by atoms with Gasteiger partial charge < -0.3 is 14.8 Å². The Morgan fingerprint density at radius 1 is 0.969 bits per heavy atom. The highest BCUT2D eigenvalue weighted by atomic mass is 35.5. The van der Waals surface area contributed by atoms with E-state index in [1.54, 1.807) is 0 Å². The molecule has 0 spiro atoms. The van der Waals surface area contributed by atoms with Crippen molar-refractivity contribution in [2.45, 2.75) is 26.4 Å². The number of hydrogen-bond acceptors (Lipinski definition) is 1. The Morgan fingerprint density at radius 3 is 2.62 bits per heavy atom. The molecule has 0 bridgehead atoms. The molecule has 32 heavy (non-hydrogen) atoms. The second-order valence-electron chi connectivity index (χ2n) is 8.22. The molecule has 2 heterocycles. The molecule has 4 nitrogen and oxygen atoms in total. The number of carbonyl (C=O) groups is 1. The van der Waals surface area contributed by atoms with Gasteiger partial charge in [-0.2, -0.15) is 0 Å². The molecule has 4 aromatic rings. The quantitative estimate of drug-likeness (QED) is 0.361. The van der Waals surface area contributed by atoms with Gasteiger partial charge in [0.25, 0.3) is 0 Å². The number of para-hydroxylation sites is 1. The highest BCUT2D eigenvalue weighted by Gasteiger charge is 2.33. The first kappa shape index (κ1) is 20.4. The van der Waals surface area contributed by atoms with Crippen molar-refractivity contribution in [3.05, 3.63) is 118 Å². The van der Waals surface area contributed by atoms with E-state index in [1.807, 2.05) is 54.3 Å². The van der Waals surface area contributed by atoms with Gasteiger partial charge in [-0.15, -0.1) is 0 Å². The van der Waals surface area contributed by atoms with Crippen molar-refractivity contribution in [2.24, 2.45) is 0 Å². The summed E-state index contributed by atoms with van der Waals surface area (Å²) in [4.78, 5) is 15.7. The molecule has 1 unspecified atom stereocenters. The van der Waals surface area contributed by atoms with Gasteiger partial charge in [0.05, 0.1) is 18.3 Å². The highest BCUT2D eigenvalue weighted by molar-refractivity contribution is 6.31. The summed E-state index contributed by atoms with van der Waals surface area (Å²) in [5.41, 5.74) is 7.06. The number of halogens is 1. The number of aromatic nitrogens is 1. The van der Waals surface area contributed by atoms with Gasteiger partial charge in [-0.05, 0) is 60.9 Å². The van der Waals surface area contributed by atoms with Crippen LogP contribution in [0.3, 0.4) is 0 Å². The summed E-state index contributed by atoms with van der Waals surface area (Å²) in [7, 11) is 0. The number of benzene rings is 3. The van der Waals surface area contributed by atoms with Crippen molar-refractivity contribution in [1.29, 1.82) is 0 Å². The van der Waals surface area contributed by atoms with Crippen LogP contribution in [0.5, 0.6) is 0 Å². The molecule has 0 aliphatic carbocycles. The van der Waals surface area contributed by atoms with Crippen molar-refractivity contribution in [3.8, 4) is 5.69 Å². The Bertz CT molecular complexity index is 1310. The second kappa shape index (κ2) is 8.21. The summed E-state index contributed by atoms with van der Waals surface area (Å²) < 4.78 is 2.19. The van der Waals surface area contributed by atoms with Crippen LogP contribution in [0.1, 0.15) is 34.0 Å². The monoisotopic (exact) mass is 441 g/mol. The molecule has 0 saturated heterocycles. The Balaban J connectivity index is 1.65. The van der Waals surface area contributed by atoms with Gasteiger partial charge in [0.1, 0.15) is 0 Å². The zero-order valence-electron chi connectivity index (χ0n) is 18.0. The fourth-order valence-electron chi connectivity index (χ4n) is 4.46. The molecule has 160 valence electrons. The normalized spacial score (nSPS) is 15.0. The van der Waals surface area contributed by atoms with E-state index >= 15 is 0 Å². The molecule has 2 amide bonds. The van der Waals surface area contributed by atoms with Crippen LogP contribution in [0.15, 0.2) is 85.1 Å². The van der Waals surface area contributed by atoms with Crippen molar-refractivity contribution < 1.29 is 4.79 Å². The number of urea groups is 1. The molecule has 5 heteroatoms. The molecule has 0 saturated carbocycles.